The first-order chi connectivity index (χ1) is 13.8. The average Bonchev–Trinajstić information content (AvgIpc) is 3.07. The second-order valence-corrected chi connectivity index (χ2v) is 7.95. The third kappa shape index (κ3) is 2.71. The van der Waals surface area contributed by atoms with E-state index in [2.05, 4.69) is 31.7 Å². The van der Waals surface area contributed by atoms with Crippen LogP contribution in [0.1, 0.15) is 27.7 Å². The maximum absolute atomic E-state index is 8.47. The van der Waals surface area contributed by atoms with Crippen molar-refractivity contribution in [2.45, 2.75) is 26.2 Å². The van der Waals surface area contributed by atoms with Gasteiger partial charge >= 0.3 is 0 Å². The zero-order valence-corrected chi connectivity index (χ0v) is 16.8. The minimum Gasteiger partial charge on any atom is -0.496 e. The lowest BCUT2D eigenvalue weighted by Crippen LogP contribution is -2.30. The van der Waals surface area contributed by atoms with Gasteiger partial charge in [0.1, 0.15) is 23.9 Å². The maximum atomic E-state index is 8.47. The van der Waals surface area contributed by atoms with E-state index in [1.54, 1.807) is 13.2 Å². The van der Waals surface area contributed by atoms with Crippen molar-refractivity contribution in [3.8, 4) is 17.0 Å². The highest BCUT2D eigenvalue weighted by molar-refractivity contribution is 6.13. The van der Waals surface area contributed by atoms with Gasteiger partial charge in [0.05, 0.1) is 15.1 Å². The molecule has 4 heteroatoms. The van der Waals surface area contributed by atoms with Gasteiger partial charge in [-0.05, 0) is 29.2 Å². The van der Waals surface area contributed by atoms with Crippen molar-refractivity contribution in [1.82, 2.24) is 0 Å². The van der Waals surface area contributed by atoms with E-state index in [-0.39, 0.29) is 17.1 Å². The summed E-state index contributed by atoms with van der Waals surface area (Å²) in [6.45, 7) is 13.8. The molecule has 0 N–H and O–H groups in total. The minimum absolute atomic E-state index is 0.121. The van der Waals surface area contributed by atoms with Crippen LogP contribution in [-0.2, 0) is 12.5 Å². The first-order valence-electron chi connectivity index (χ1n) is 9.67. The zero-order chi connectivity index (χ0) is 20.9. The highest BCUT2D eigenvalue weighted by Gasteiger charge is 2.29. The summed E-state index contributed by atoms with van der Waals surface area (Å²) in [5.41, 5.74) is 4.12. The molecule has 28 heavy (non-hydrogen) atoms. The Hall–Kier alpha value is -3.32. The van der Waals surface area contributed by atoms with Crippen molar-refractivity contribution in [3.05, 3.63) is 65.6 Å². The molecular formula is C24H23N2O2+. The number of methoxy groups -OCH3 is 1. The summed E-state index contributed by atoms with van der Waals surface area (Å²) in [4.78, 5) is 3.46. The molecule has 0 saturated heterocycles. The molecule has 0 spiro atoms. The van der Waals surface area contributed by atoms with Crippen LogP contribution in [0.2, 0.25) is 0 Å². The van der Waals surface area contributed by atoms with E-state index in [9.17, 15) is 0 Å². The summed E-state index contributed by atoms with van der Waals surface area (Å²) in [5.74, 6) is 0.722. The van der Waals surface area contributed by atoms with Gasteiger partial charge in [0.15, 0.2) is 17.5 Å². The summed E-state index contributed by atoms with van der Waals surface area (Å²) < 4.78 is 22.6. The molecule has 140 valence electrons. The number of pyridine rings is 1. The third-order valence-corrected chi connectivity index (χ3v) is 5.07. The van der Waals surface area contributed by atoms with E-state index in [0.29, 0.717) is 11.2 Å². The monoisotopic (exact) mass is 372 g/mol. The van der Waals surface area contributed by atoms with Crippen LogP contribution >= 0.6 is 0 Å². The molecule has 0 amide bonds. The Morgan fingerprint density at radius 2 is 2.00 bits per heavy atom. The van der Waals surface area contributed by atoms with Crippen molar-refractivity contribution >= 4 is 27.6 Å². The molecule has 0 bridgehead atoms. The van der Waals surface area contributed by atoms with Gasteiger partial charge < -0.3 is 9.15 Å². The van der Waals surface area contributed by atoms with Crippen LogP contribution in [0.4, 0.5) is 5.69 Å². The van der Waals surface area contributed by atoms with Gasteiger partial charge in [-0.3, -0.25) is 0 Å². The number of ether oxygens (including phenoxy) is 1. The standard InChI is InChI=1S/C24H23N2O2/c1-24(2,3)17-14-20(27-6)22(18-9-7-8-12-26(18)5)23-21(17)16-11-10-15(25-4)13-19(16)28-23/h7-14H,1-3,5-6H3/q+1/i13D. The van der Waals surface area contributed by atoms with Gasteiger partial charge in [0.2, 0.25) is 5.69 Å². The smallest absolute Gasteiger partial charge is 0.219 e. The lowest BCUT2D eigenvalue weighted by atomic mass is 9.82. The number of benzene rings is 2. The van der Waals surface area contributed by atoms with Crippen LogP contribution in [0.15, 0.2) is 53.1 Å². The Labute approximate surface area is 166 Å². The van der Waals surface area contributed by atoms with Crippen molar-refractivity contribution in [3.63, 3.8) is 0 Å². The van der Waals surface area contributed by atoms with Gasteiger partial charge in [0, 0.05) is 22.9 Å². The van der Waals surface area contributed by atoms with Crippen LogP contribution in [0.5, 0.6) is 5.75 Å². The molecular weight excluding hydrogens is 348 g/mol. The highest BCUT2D eigenvalue weighted by Crippen LogP contribution is 2.46. The van der Waals surface area contributed by atoms with Crippen molar-refractivity contribution in [1.29, 1.82) is 0 Å². The molecule has 2 heterocycles. The van der Waals surface area contributed by atoms with E-state index in [0.717, 1.165) is 33.3 Å². The van der Waals surface area contributed by atoms with Crippen molar-refractivity contribution in [2.24, 2.45) is 7.05 Å². The molecule has 4 aromatic rings. The molecule has 4 nitrogen and oxygen atoms in total. The maximum Gasteiger partial charge on any atom is 0.219 e. The average molecular weight is 372 g/mol. The first kappa shape index (κ1) is 16.8. The number of aromatic nitrogens is 1. The second kappa shape index (κ2) is 6.38. The molecule has 0 saturated carbocycles. The van der Waals surface area contributed by atoms with Crippen molar-refractivity contribution < 1.29 is 15.1 Å². The number of nitrogens with zero attached hydrogens (tertiary/aromatic N) is 2. The van der Waals surface area contributed by atoms with Gasteiger partial charge in [-0.2, -0.15) is 0 Å². The van der Waals surface area contributed by atoms with Crippen LogP contribution in [0.25, 0.3) is 38.0 Å². The minimum atomic E-state index is -0.166. The fourth-order valence-electron chi connectivity index (χ4n) is 3.69. The lowest BCUT2D eigenvalue weighted by molar-refractivity contribution is -0.660. The molecule has 0 fully saturated rings. The molecule has 0 unspecified atom stereocenters. The van der Waals surface area contributed by atoms with E-state index >= 15 is 0 Å². The van der Waals surface area contributed by atoms with Crippen LogP contribution in [0.3, 0.4) is 0 Å². The molecule has 0 aliphatic carbocycles. The van der Waals surface area contributed by atoms with Gasteiger partial charge in [-0.15, -0.1) is 0 Å². The number of furan rings is 1. The molecule has 0 aliphatic rings. The Morgan fingerprint density at radius 3 is 2.64 bits per heavy atom. The highest BCUT2D eigenvalue weighted by atomic mass is 16.5. The summed E-state index contributed by atoms with van der Waals surface area (Å²) >= 11 is 0. The van der Waals surface area contributed by atoms with Gasteiger partial charge in [0.25, 0.3) is 0 Å². The molecule has 0 radical (unpaired) electrons. The van der Waals surface area contributed by atoms with Gasteiger partial charge in [-0.1, -0.05) is 32.9 Å². The largest absolute Gasteiger partial charge is 0.496 e. The van der Waals surface area contributed by atoms with E-state index in [1.807, 2.05) is 42.1 Å². The summed E-state index contributed by atoms with van der Waals surface area (Å²) in [7, 11) is 3.64. The summed E-state index contributed by atoms with van der Waals surface area (Å²) in [5, 5.41) is 1.82. The molecule has 0 atom stereocenters. The van der Waals surface area contributed by atoms with E-state index < -0.39 is 0 Å². The van der Waals surface area contributed by atoms with E-state index in [1.165, 1.54) is 0 Å². The summed E-state index contributed by atoms with van der Waals surface area (Å²) in [6.07, 6.45) is 1.98. The number of fused-ring (bicyclic) bond motifs is 3. The molecule has 2 aromatic heterocycles. The van der Waals surface area contributed by atoms with Crippen molar-refractivity contribution in [2.75, 3.05) is 7.11 Å². The van der Waals surface area contributed by atoms with Crippen LogP contribution in [-0.4, -0.2) is 7.11 Å². The Kier molecular flexibility index (Phi) is 3.84. The number of rotatable bonds is 2. The topological polar surface area (TPSA) is 30.6 Å². The first-order valence-corrected chi connectivity index (χ1v) is 9.17. The Bertz CT molecular complexity index is 1310. The fourth-order valence-corrected chi connectivity index (χ4v) is 3.69. The predicted octanol–water partition coefficient (Wildman–Crippen LogP) is 5.93. The Morgan fingerprint density at radius 1 is 1.21 bits per heavy atom. The molecule has 2 aromatic carbocycles. The second-order valence-electron chi connectivity index (χ2n) is 7.95. The predicted molar refractivity (Wildman–Crippen MR) is 112 cm³/mol. The van der Waals surface area contributed by atoms with Crippen LogP contribution < -0.4 is 9.30 Å². The SMILES string of the molecule is [2H]c1c([N+]#[C-])ccc2c1oc1c(-c3cccc[n+]3C)c(OC)cc(C(C)(C)C)c12. The number of hydrogen-bond acceptors (Lipinski definition) is 2. The molecule has 0 aliphatic heterocycles. The number of hydrogen-bond donors (Lipinski definition) is 0. The Balaban J connectivity index is 2.28. The third-order valence-electron chi connectivity index (χ3n) is 5.07. The fraction of sp³-hybridized carbons (Fsp3) is 0.250. The number of aryl methyl sites for hydroxylation is 1. The van der Waals surface area contributed by atoms with Crippen LogP contribution in [0, 0.1) is 6.57 Å². The normalized spacial score (nSPS) is 12.2. The molecule has 4 rings (SSSR count). The van der Waals surface area contributed by atoms with E-state index in [4.69, 9.17) is 17.1 Å². The lowest BCUT2D eigenvalue weighted by Gasteiger charge is -2.22. The zero-order valence-electron chi connectivity index (χ0n) is 17.8. The summed E-state index contributed by atoms with van der Waals surface area (Å²) in [6, 6.07) is 11.8. The quantitative estimate of drug-likeness (QED) is 0.322. The van der Waals surface area contributed by atoms with Gasteiger partial charge in [-0.25, -0.2) is 9.41 Å².